The van der Waals surface area contributed by atoms with Crippen molar-refractivity contribution in [1.29, 1.82) is 0 Å². The van der Waals surface area contributed by atoms with E-state index in [-0.39, 0.29) is 10.8 Å². The number of aryl methyl sites for hydroxylation is 3. The van der Waals surface area contributed by atoms with Gasteiger partial charge in [0.05, 0.1) is 10.6 Å². The van der Waals surface area contributed by atoms with Crippen molar-refractivity contribution in [2.45, 2.75) is 38.1 Å². The molecule has 0 aliphatic heterocycles. The molecule has 144 valence electrons. The van der Waals surface area contributed by atoms with E-state index in [1.54, 1.807) is 0 Å². The molecule has 0 radical (unpaired) electrons. The Balaban J connectivity index is 1.64. The predicted octanol–water partition coefficient (Wildman–Crippen LogP) is 3.74. The Morgan fingerprint density at radius 2 is 1.89 bits per heavy atom. The molecule has 0 fully saturated rings. The molecule has 3 aromatic heterocycles. The van der Waals surface area contributed by atoms with E-state index < -0.39 is 0 Å². The third-order valence-electron chi connectivity index (χ3n) is 4.70. The molecule has 0 spiro atoms. The second-order valence-electron chi connectivity index (χ2n) is 6.72. The van der Waals surface area contributed by atoms with Gasteiger partial charge >= 0.3 is 0 Å². The van der Waals surface area contributed by atoms with Crippen molar-refractivity contribution in [2.24, 2.45) is 0 Å². The summed E-state index contributed by atoms with van der Waals surface area (Å²) in [5, 5.41) is 9.53. The number of aromatic amines is 1. The minimum Gasteiger partial charge on any atom is -0.335 e. The molecule has 0 aliphatic carbocycles. The van der Waals surface area contributed by atoms with Gasteiger partial charge in [0.2, 0.25) is 5.16 Å². The highest BCUT2D eigenvalue weighted by molar-refractivity contribution is 7.99. The largest absolute Gasteiger partial charge is 0.335 e. The van der Waals surface area contributed by atoms with Crippen molar-refractivity contribution in [2.75, 3.05) is 5.84 Å². The molecule has 4 aromatic rings. The Bertz CT molecular complexity index is 1220. The minimum absolute atomic E-state index is 0.108. The lowest BCUT2D eigenvalue weighted by Gasteiger charge is -2.10. The van der Waals surface area contributed by atoms with E-state index in [9.17, 15) is 4.79 Å². The van der Waals surface area contributed by atoms with Gasteiger partial charge in [-0.25, -0.2) is 9.66 Å². The summed E-state index contributed by atoms with van der Waals surface area (Å²) in [5.41, 5.74) is 2.95. The van der Waals surface area contributed by atoms with Crippen LogP contribution in [0.2, 0.25) is 0 Å². The van der Waals surface area contributed by atoms with Gasteiger partial charge in [-0.3, -0.25) is 4.79 Å². The molecule has 3 heterocycles. The predicted molar refractivity (Wildman–Crippen MR) is 114 cm³/mol. The summed E-state index contributed by atoms with van der Waals surface area (Å²) in [6.45, 7) is 7.94. The van der Waals surface area contributed by atoms with E-state index in [1.165, 1.54) is 33.3 Å². The molecular formula is C19H20N6OS2. The standard InChI is InChI=1S/C19H20N6OS2/c1-9-5-7-13(8-6-9)16-23-24-19(25(16)20)28-12(4)15-21-17(26)14-10(2)11(3)27-18(14)22-15/h5-8,12H,20H2,1-4H3,(H,21,22,26)/t12-/m0/s1. The molecule has 0 bridgehead atoms. The number of thioether (sulfide) groups is 1. The number of aromatic nitrogens is 5. The van der Waals surface area contributed by atoms with Crippen LogP contribution in [0.15, 0.2) is 34.2 Å². The number of nitrogens with zero attached hydrogens (tertiary/aromatic N) is 4. The Hall–Kier alpha value is -2.65. The van der Waals surface area contributed by atoms with Crippen molar-refractivity contribution < 1.29 is 0 Å². The molecular weight excluding hydrogens is 392 g/mol. The topological polar surface area (TPSA) is 102 Å². The van der Waals surface area contributed by atoms with Crippen LogP contribution in [-0.4, -0.2) is 24.8 Å². The molecule has 0 aliphatic rings. The Morgan fingerprint density at radius 1 is 1.18 bits per heavy atom. The van der Waals surface area contributed by atoms with Gasteiger partial charge in [-0.1, -0.05) is 41.6 Å². The summed E-state index contributed by atoms with van der Waals surface area (Å²) in [4.78, 5) is 22.0. The average molecular weight is 413 g/mol. The van der Waals surface area contributed by atoms with Crippen molar-refractivity contribution in [1.82, 2.24) is 24.8 Å². The number of hydrogen-bond acceptors (Lipinski definition) is 7. The third-order valence-corrected chi connectivity index (χ3v) is 6.87. The van der Waals surface area contributed by atoms with Crippen molar-refractivity contribution in [3.05, 3.63) is 56.4 Å². The SMILES string of the molecule is Cc1ccc(-c2nnc(S[C@@H](C)c3nc4sc(C)c(C)c4c(=O)[nH]3)n2N)cc1. The normalized spacial score (nSPS) is 12.6. The van der Waals surface area contributed by atoms with Gasteiger partial charge in [0.15, 0.2) is 5.82 Å². The molecule has 0 unspecified atom stereocenters. The number of nitrogens with two attached hydrogens (primary N) is 1. The summed E-state index contributed by atoms with van der Waals surface area (Å²) < 4.78 is 1.47. The first-order valence-corrected chi connectivity index (χ1v) is 10.5. The molecule has 0 saturated heterocycles. The van der Waals surface area contributed by atoms with Gasteiger partial charge in [-0.05, 0) is 33.3 Å². The van der Waals surface area contributed by atoms with E-state index in [0.717, 1.165) is 20.8 Å². The molecule has 1 aromatic carbocycles. The van der Waals surface area contributed by atoms with E-state index in [2.05, 4.69) is 20.2 Å². The Kier molecular flexibility index (Phi) is 4.72. The van der Waals surface area contributed by atoms with Gasteiger partial charge in [0, 0.05) is 10.4 Å². The maximum absolute atomic E-state index is 12.5. The van der Waals surface area contributed by atoms with Crippen LogP contribution < -0.4 is 11.4 Å². The van der Waals surface area contributed by atoms with E-state index >= 15 is 0 Å². The summed E-state index contributed by atoms with van der Waals surface area (Å²) in [6, 6.07) is 7.95. The highest BCUT2D eigenvalue weighted by Crippen LogP contribution is 2.34. The van der Waals surface area contributed by atoms with Crippen LogP contribution in [0.3, 0.4) is 0 Å². The lowest BCUT2D eigenvalue weighted by molar-refractivity contribution is 0.835. The molecule has 4 rings (SSSR count). The second-order valence-corrected chi connectivity index (χ2v) is 9.23. The molecule has 9 heteroatoms. The Morgan fingerprint density at radius 3 is 2.61 bits per heavy atom. The number of benzene rings is 1. The lowest BCUT2D eigenvalue weighted by atomic mass is 10.1. The molecule has 28 heavy (non-hydrogen) atoms. The van der Waals surface area contributed by atoms with Crippen LogP contribution in [0.25, 0.3) is 21.6 Å². The molecule has 3 N–H and O–H groups in total. The molecule has 7 nitrogen and oxygen atoms in total. The average Bonchev–Trinajstić information content (AvgIpc) is 3.16. The number of rotatable bonds is 4. The minimum atomic E-state index is -0.141. The van der Waals surface area contributed by atoms with Gasteiger partial charge in [-0.2, -0.15) is 0 Å². The fourth-order valence-corrected chi connectivity index (χ4v) is 4.80. The molecule has 1 atom stereocenters. The van der Waals surface area contributed by atoms with Crippen molar-refractivity contribution in [3.63, 3.8) is 0 Å². The van der Waals surface area contributed by atoms with Crippen LogP contribution in [0, 0.1) is 20.8 Å². The summed E-state index contributed by atoms with van der Waals surface area (Å²) in [5.74, 6) is 7.42. The van der Waals surface area contributed by atoms with Crippen LogP contribution >= 0.6 is 23.1 Å². The van der Waals surface area contributed by atoms with Gasteiger partial charge in [-0.15, -0.1) is 21.5 Å². The van der Waals surface area contributed by atoms with Crippen LogP contribution in [-0.2, 0) is 0 Å². The third kappa shape index (κ3) is 3.20. The highest BCUT2D eigenvalue weighted by atomic mass is 32.2. The Labute approximate surface area is 170 Å². The lowest BCUT2D eigenvalue weighted by Crippen LogP contribution is -2.14. The van der Waals surface area contributed by atoms with Gasteiger partial charge in [0.25, 0.3) is 5.56 Å². The zero-order chi connectivity index (χ0) is 20.0. The maximum atomic E-state index is 12.5. The number of thiophene rings is 1. The summed E-state index contributed by atoms with van der Waals surface area (Å²) >= 11 is 2.94. The first kappa shape index (κ1) is 18.7. The smallest absolute Gasteiger partial charge is 0.259 e. The number of hydrogen-bond donors (Lipinski definition) is 2. The zero-order valence-corrected chi connectivity index (χ0v) is 17.6. The molecule has 0 amide bonds. The maximum Gasteiger partial charge on any atom is 0.259 e. The van der Waals surface area contributed by atoms with E-state index in [4.69, 9.17) is 5.84 Å². The molecule has 0 saturated carbocycles. The number of nitrogens with one attached hydrogen (secondary N) is 1. The van der Waals surface area contributed by atoms with Crippen LogP contribution in [0.1, 0.15) is 34.0 Å². The van der Waals surface area contributed by atoms with Crippen LogP contribution in [0.5, 0.6) is 0 Å². The number of H-pyrrole nitrogens is 1. The second kappa shape index (κ2) is 7.06. The van der Waals surface area contributed by atoms with Crippen molar-refractivity contribution >= 4 is 33.3 Å². The van der Waals surface area contributed by atoms with Crippen LogP contribution in [0.4, 0.5) is 0 Å². The monoisotopic (exact) mass is 412 g/mol. The fourth-order valence-electron chi connectivity index (χ4n) is 2.93. The summed E-state index contributed by atoms with van der Waals surface area (Å²) in [7, 11) is 0. The quantitative estimate of drug-likeness (QED) is 0.391. The first-order chi connectivity index (χ1) is 13.3. The fraction of sp³-hybridized carbons (Fsp3) is 0.263. The highest BCUT2D eigenvalue weighted by Gasteiger charge is 2.20. The van der Waals surface area contributed by atoms with Gasteiger partial charge in [0.1, 0.15) is 10.7 Å². The summed E-state index contributed by atoms with van der Waals surface area (Å²) in [6.07, 6.45) is 0. The van der Waals surface area contributed by atoms with E-state index in [1.807, 2.05) is 52.0 Å². The van der Waals surface area contributed by atoms with Crippen molar-refractivity contribution in [3.8, 4) is 11.4 Å². The number of nitrogen functional groups attached to an aromatic ring is 1. The zero-order valence-electron chi connectivity index (χ0n) is 16.0. The van der Waals surface area contributed by atoms with E-state index in [0.29, 0.717) is 22.2 Å². The number of fused-ring (bicyclic) bond motifs is 1. The van der Waals surface area contributed by atoms with Gasteiger partial charge < -0.3 is 10.8 Å². The first-order valence-electron chi connectivity index (χ1n) is 8.79.